The molecular formula is C22H23N5O6. The summed E-state index contributed by atoms with van der Waals surface area (Å²) >= 11 is 0. The van der Waals surface area contributed by atoms with Crippen LogP contribution in [-0.2, 0) is 27.4 Å². The molecule has 11 heteroatoms. The Labute approximate surface area is 189 Å². The molecule has 3 N–H and O–H groups in total. The highest BCUT2D eigenvalue weighted by molar-refractivity contribution is 6.34. The zero-order valence-corrected chi connectivity index (χ0v) is 17.7. The molecule has 0 aliphatic heterocycles. The van der Waals surface area contributed by atoms with Crippen LogP contribution < -0.4 is 5.32 Å². The van der Waals surface area contributed by atoms with Gasteiger partial charge in [-0.25, -0.2) is 14.3 Å². The molecule has 33 heavy (non-hydrogen) atoms. The van der Waals surface area contributed by atoms with Crippen LogP contribution >= 0.6 is 0 Å². The Balaban J connectivity index is 1.79. The Morgan fingerprint density at radius 2 is 1.64 bits per heavy atom. The predicted octanol–water partition coefficient (Wildman–Crippen LogP) is 1.46. The fourth-order valence-electron chi connectivity index (χ4n) is 3.17. The Hall–Kier alpha value is -4.12. The van der Waals surface area contributed by atoms with Gasteiger partial charge in [-0.15, -0.1) is 5.10 Å². The summed E-state index contributed by atoms with van der Waals surface area (Å²) in [5.74, 6) is -2.96. The largest absolute Gasteiger partial charge is 0.475 e. The van der Waals surface area contributed by atoms with Crippen LogP contribution in [0.2, 0.25) is 0 Å². The number of nitrogens with one attached hydrogen (secondary N) is 1. The molecule has 0 spiro atoms. The van der Waals surface area contributed by atoms with Crippen molar-refractivity contribution in [3.8, 4) is 0 Å². The molecular weight excluding hydrogens is 430 g/mol. The minimum Gasteiger partial charge on any atom is -0.475 e. The number of carboxylic acids is 1. The van der Waals surface area contributed by atoms with E-state index in [1.807, 2.05) is 48.5 Å². The molecule has 1 heterocycles. The number of ether oxygens (including phenoxy) is 1. The second-order valence-electron chi connectivity index (χ2n) is 7.27. The van der Waals surface area contributed by atoms with Gasteiger partial charge in [-0.3, -0.25) is 4.79 Å². The molecule has 0 saturated heterocycles. The number of tetrazole rings is 1. The number of hydrogen-bond donors (Lipinski definition) is 3. The van der Waals surface area contributed by atoms with Gasteiger partial charge in [0, 0.05) is 0 Å². The van der Waals surface area contributed by atoms with Gasteiger partial charge < -0.3 is 20.3 Å². The number of rotatable bonds is 10. The third-order valence-corrected chi connectivity index (χ3v) is 4.94. The van der Waals surface area contributed by atoms with Crippen molar-refractivity contribution in [3.63, 3.8) is 0 Å². The highest BCUT2D eigenvalue weighted by Crippen LogP contribution is 2.21. The number of carbonyl (C=O) groups is 3. The second kappa shape index (κ2) is 11.0. The Bertz CT molecular complexity index is 1090. The first-order valence-corrected chi connectivity index (χ1v) is 10.1. The Morgan fingerprint density at radius 1 is 1.03 bits per heavy atom. The summed E-state index contributed by atoms with van der Waals surface area (Å²) in [7, 11) is 0. The summed E-state index contributed by atoms with van der Waals surface area (Å²) in [5.41, 5.74) is 1.59. The lowest BCUT2D eigenvalue weighted by molar-refractivity contribution is -0.150. The van der Waals surface area contributed by atoms with Crippen LogP contribution in [-0.4, -0.2) is 54.3 Å². The summed E-state index contributed by atoms with van der Waals surface area (Å²) in [6.45, 7) is 1.33. The van der Waals surface area contributed by atoms with Crippen molar-refractivity contribution in [2.75, 3.05) is 0 Å². The number of aliphatic hydroxyl groups excluding tert-OH is 1. The van der Waals surface area contributed by atoms with E-state index in [1.165, 1.54) is 6.92 Å². The number of Topliss-reactive ketones (excluding diaryl/α,β-unsaturated/α-hetero) is 1. The number of amides is 1. The Kier molecular flexibility index (Phi) is 7.82. The number of nitrogens with zero attached hydrogens (tertiary/aromatic N) is 4. The summed E-state index contributed by atoms with van der Waals surface area (Å²) in [4.78, 5) is 35.4. The highest BCUT2D eigenvalue weighted by atomic mass is 16.5. The third kappa shape index (κ3) is 6.20. The third-order valence-electron chi connectivity index (χ3n) is 4.94. The van der Waals surface area contributed by atoms with Crippen LogP contribution in [0.3, 0.4) is 0 Å². The van der Waals surface area contributed by atoms with Gasteiger partial charge in [-0.2, -0.15) is 0 Å². The van der Waals surface area contributed by atoms with E-state index in [2.05, 4.69) is 20.8 Å². The molecule has 0 radical (unpaired) electrons. The quantitative estimate of drug-likeness (QED) is 0.387. The van der Waals surface area contributed by atoms with E-state index < -0.39 is 36.0 Å². The second-order valence-corrected chi connectivity index (χ2v) is 7.27. The molecule has 3 atom stereocenters. The minimum atomic E-state index is -1.65. The fourth-order valence-corrected chi connectivity index (χ4v) is 3.17. The van der Waals surface area contributed by atoms with Crippen molar-refractivity contribution in [1.29, 1.82) is 0 Å². The van der Waals surface area contributed by atoms with E-state index in [9.17, 15) is 19.5 Å². The van der Waals surface area contributed by atoms with Gasteiger partial charge in [0.05, 0.1) is 6.04 Å². The van der Waals surface area contributed by atoms with Crippen LogP contribution in [0.5, 0.6) is 0 Å². The van der Waals surface area contributed by atoms with Crippen LogP contribution in [0.25, 0.3) is 0 Å². The van der Waals surface area contributed by atoms with Crippen molar-refractivity contribution in [2.24, 2.45) is 0 Å². The van der Waals surface area contributed by atoms with Crippen LogP contribution in [0.15, 0.2) is 60.7 Å². The number of hydrogen-bond acceptors (Lipinski definition) is 8. The lowest BCUT2D eigenvalue weighted by atomic mass is 10.0. The van der Waals surface area contributed by atoms with Crippen LogP contribution in [0.4, 0.5) is 4.79 Å². The van der Waals surface area contributed by atoms with Gasteiger partial charge in [-0.1, -0.05) is 60.7 Å². The first kappa shape index (κ1) is 23.5. The molecule has 3 aromatic rings. The standard InChI is InChI=1S/C22H23N5O6/c1-14(18(28)21(30)31)27-20(24-25-26-27)19(29)17(12-15-8-4-2-5-9-15)23-22(32)33-13-16-10-6-3-7-11-16/h2-11,14,17,19,29H,12-13H2,1H3,(H,23,32)(H,30,31)/t14-,17-,19-/m0/s1. The van der Waals surface area contributed by atoms with Crippen molar-refractivity contribution >= 4 is 17.8 Å². The zero-order chi connectivity index (χ0) is 23.8. The molecule has 11 nitrogen and oxygen atoms in total. The first-order chi connectivity index (χ1) is 15.9. The molecule has 0 aliphatic rings. The van der Waals surface area contributed by atoms with Gasteiger partial charge in [0.1, 0.15) is 18.8 Å². The lowest BCUT2D eigenvalue weighted by Crippen LogP contribution is -2.42. The van der Waals surface area contributed by atoms with E-state index in [0.717, 1.165) is 15.8 Å². The number of aromatic nitrogens is 4. The molecule has 172 valence electrons. The van der Waals surface area contributed by atoms with Gasteiger partial charge in [0.25, 0.3) is 5.78 Å². The SMILES string of the molecule is C[C@@H](C(=O)C(=O)O)n1nnnc1[C@@H](O)[C@H](Cc1ccccc1)NC(=O)OCc1ccccc1. The average molecular weight is 453 g/mol. The highest BCUT2D eigenvalue weighted by Gasteiger charge is 2.33. The van der Waals surface area contributed by atoms with E-state index in [4.69, 9.17) is 9.84 Å². The number of carboxylic acid groups (broad SMARTS) is 1. The lowest BCUT2D eigenvalue weighted by Gasteiger charge is -2.24. The van der Waals surface area contributed by atoms with Gasteiger partial charge in [-0.05, 0) is 34.9 Å². The monoisotopic (exact) mass is 453 g/mol. The average Bonchev–Trinajstić information content (AvgIpc) is 3.32. The van der Waals surface area contributed by atoms with Crippen LogP contribution in [0, 0.1) is 0 Å². The molecule has 2 aromatic carbocycles. The number of aliphatic hydroxyl groups is 1. The number of benzene rings is 2. The van der Waals surface area contributed by atoms with Crippen LogP contribution in [0.1, 0.15) is 36.0 Å². The summed E-state index contributed by atoms with van der Waals surface area (Å²) in [6.07, 6.45) is -2.04. The van der Waals surface area contributed by atoms with Crippen molar-refractivity contribution in [1.82, 2.24) is 25.5 Å². The Morgan fingerprint density at radius 3 is 2.24 bits per heavy atom. The van der Waals surface area contributed by atoms with E-state index in [1.54, 1.807) is 12.1 Å². The minimum absolute atomic E-state index is 0.0305. The maximum Gasteiger partial charge on any atom is 0.407 e. The zero-order valence-electron chi connectivity index (χ0n) is 17.7. The predicted molar refractivity (Wildman–Crippen MR) is 114 cm³/mol. The van der Waals surface area contributed by atoms with E-state index in [0.29, 0.717) is 0 Å². The molecule has 0 fully saturated rings. The number of alkyl carbamates (subject to hydrolysis) is 1. The summed E-state index contributed by atoms with van der Waals surface area (Å²) < 4.78 is 6.19. The number of carbonyl (C=O) groups excluding carboxylic acids is 2. The van der Waals surface area contributed by atoms with Gasteiger partial charge in [0.2, 0.25) is 0 Å². The van der Waals surface area contributed by atoms with E-state index >= 15 is 0 Å². The molecule has 1 aromatic heterocycles. The molecule has 0 saturated carbocycles. The number of ketones is 1. The molecule has 0 aliphatic carbocycles. The smallest absolute Gasteiger partial charge is 0.407 e. The van der Waals surface area contributed by atoms with Crippen molar-refractivity contribution < 1.29 is 29.3 Å². The van der Waals surface area contributed by atoms with Crippen molar-refractivity contribution in [3.05, 3.63) is 77.6 Å². The van der Waals surface area contributed by atoms with Gasteiger partial charge >= 0.3 is 12.1 Å². The molecule has 1 amide bonds. The van der Waals surface area contributed by atoms with Crippen molar-refractivity contribution in [2.45, 2.75) is 38.1 Å². The maximum absolute atomic E-state index is 12.5. The molecule has 0 bridgehead atoms. The van der Waals surface area contributed by atoms with Gasteiger partial charge in [0.15, 0.2) is 5.82 Å². The summed E-state index contributed by atoms with van der Waals surface area (Å²) in [5, 5.41) is 33.5. The fraction of sp³-hybridized carbons (Fsp3) is 0.273. The topological polar surface area (TPSA) is 157 Å². The number of aliphatic carboxylic acids is 1. The maximum atomic E-state index is 12.5. The van der Waals surface area contributed by atoms with E-state index in [-0.39, 0.29) is 18.9 Å². The summed E-state index contributed by atoms with van der Waals surface area (Å²) in [6, 6.07) is 16.0. The first-order valence-electron chi connectivity index (χ1n) is 10.1. The molecule has 0 unspecified atom stereocenters. The normalized spacial score (nSPS) is 13.5. The molecule has 3 rings (SSSR count).